The van der Waals surface area contributed by atoms with Crippen LogP contribution in [-0.4, -0.2) is 74.7 Å². The molecule has 1 amide bonds. The number of likely N-dealkylation sites (N-methyl/N-ethyl adjacent to an activating group) is 1. The molecule has 0 aliphatic carbocycles. The van der Waals surface area contributed by atoms with Crippen molar-refractivity contribution in [3.8, 4) is 0 Å². The maximum atomic E-state index is 12.9. The number of hydrogen-bond acceptors (Lipinski definition) is 4. The van der Waals surface area contributed by atoms with Gasteiger partial charge in [-0.05, 0) is 44.6 Å². The van der Waals surface area contributed by atoms with Gasteiger partial charge in [0, 0.05) is 38.3 Å². The maximum Gasteiger partial charge on any atom is 0.253 e. The topological polar surface area (TPSA) is 60.9 Å². The number of sulfonamides is 1. The first-order valence-electron chi connectivity index (χ1n) is 8.89. The molecule has 0 spiro atoms. The molecule has 0 radical (unpaired) electrons. The average Bonchev–Trinajstić information content (AvgIpc) is 2.80. The Morgan fingerprint density at radius 3 is 2.44 bits per heavy atom. The number of hydrogen-bond donors (Lipinski definition) is 0. The third kappa shape index (κ3) is 4.40. The molecule has 7 heteroatoms. The molecule has 25 heavy (non-hydrogen) atoms. The van der Waals surface area contributed by atoms with Crippen molar-refractivity contribution < 1.29 is 13.2 Å². The van der Waals surface area contributed by atoms with Crippen molar-refractivity contribution in [2.45, 2.75) is 32.1 Å². The minimum Gasteiger partial charge on any atom is -0.337 e. The first-order chi connectivity index (χ1) is 11.8. The first kappa shape index (κ1) is 19.9. The molecule has 1 aromatic carbocycles. The molecule has 1 saturated heterocycles. The molecule has 1 heterocycles. The van der Waals surface area contributed by atoms with Gasteiger partial charge in [0.2, 0.25) is 10.0 Å². The van der Waals surface area contributed by atoms with E-state index in [0.717, 1.165) is 19.5 Å². The van der Waals surface area contributed by atoms with Gasteiger partial charge in [0.1, 0.15) is 0 Å². The zero-order valence-corrected chi connectivity index (χ0v) is 16.5. The molecular formula is C18H29N3O3S. The monoisotopic (exact) mass is 367 g/mol. The van der Waals surface area contributed by atoms with Crippen molar-refractivity contribution in [3.05, 3.63) is 29.3 Å². The van der Waals surface area contributed by atoms with Crippen LogP contribution in [0, 0.1) is 6.92 Å². The molecular weight excluding hydrogens is 338 g/mol. The summed E-state index contributed by atoms with van der Waals surface area (Å²) in [6, 6.07) is 5.00. The van der Waals surface area contributed by atoms with Crippen molar-refractivity contribution >= 4 is 15.9 Å². The van der Waals surface area contributed by atoms with Crippen LogP contribution in [0.25, 0.3) is 0 Å². The van der Waals surface area contributed by atoms with Crippen LogP contribution in [-0.2, 0) is 10.0 Å². The Kier molecular flexibility index (Phi) is 6.59. The highest BCUT2D eigenvalue weighted by Crippen LogP contribution is 2.22. The van der Waals surface area contributed by atoms with E-state index in [4.69, 9.17) is 0 Å². The summed E-state index contributed by atoms with van der Waals surface area (Å²) in [5.41, 5.74) is 1.11. The highest BCUT2D eigenvalue weighted by atomic mass is 32.2. The standard InChI is InChI=1S/C18H29N3O3S/c1-5-21(6-2)25(23,24)17-14-16(9-8-15(17)3)18(22)20-11-7-10-19(4)12-13-20/h8-9,14H,5-7,10-13H2,1-4H3. The summed E-state index contributed by atoms with van der Waals surface area (Å²) in [4.78, 5) is 17.1. The second kappa shape index (κ2) is 8.29. The predicted molar refractivity (Wildman–Crippen MR) is 99.3 cm³/mol. The van der Waals surface area contributed by atoms with Crippen LogP contribution in [0.4, 0.5) is 0 Å². The zero-order valence-electron chi connectivity index (χ0n) is 15.7. The van der Waals surface area contributed by atoms with Crippen molar-refractivity contribution in [1.29, 1.82) is 0 Å². The fourth-order valence-corrected chi connectivity index (χ4v) is 4.85. The van der Waals surface area contributed by atoms with Crippen LogP contribution >= 0.6 is 0 Å². The summed E-state index contributed by atoms with van der Waals surface area (Å²) in [6.45, 7) is 9.41. The largest absolute Gasteiger partial charge is 0.337 e. The Labute approximate surface area is 151 Å². The summed E-state index contributed by atoms with van der Waals surface area (Å²) in [7, 11) is -1.53. The van der Waals surface area contributed by atoms with Crippen molar-refractivity contribution in [3.63, 3.8) is 0 Å². The van der Waals surface area contributed by atoms with Gasteiger partial charge in [-0.25, -0.2) is 8.42 Å². The lowest BCUT2D eigenvalue weighted by atomic mass is 10.1. The Hall–Kier alpha value is -1.44. The van der Waals surface area contributed by atoms with Crippen LogP contribution in [0.3, 0.4) is 0 Å². The molecule has 0 unspecified atom stereocenters. The van der Waals surface area contributed by atoms with E-state index < -0.39 is 10.0 Å². The van der Waals surface area contributed by atoms with Gasteiger partial charge >= 0.3 is 0 Å². The number of benzene rings is 1. The first-order valence-corrected chi connectivity index (χ1v) is 10.3. The van der Waals surface area contributed by atoms with Gasteiger partial charge in [0.25, 0.3) is 5.91 Å². The molecule has 1 aliphatic rings. The van der Waals surface area contributed by atoms with Gasteiger partial charge in [-0.1, -0.05) is 19.9 Å². The van der Waals surface area contributed by atoms with Gasteiger partial charge < -0.3 is 9.80 Å². The number of aryl methyl sites for hydroxylation is 1. The van der Waals surface area contributed by atoms with E-state index in [2.05, 4.69) is 11.9 Å². The van der Waals surface area contributed by atoms with Gasteiger partial charge in [0.05, 0.1) is 4.90 Å². The molecule has 0 saturated carbocycles. The Morgan fingerprint density at radius 2 is 1.80 bits per heavy atom. The molecule has 1 fully saturated rings. The van der Waals surface area contributed by atoms with Crippen molar-refractivity contribution in [1.82, 2.24) is 14.1 Å². The third-order valence-electron chi connectivity index (χ3n) is 4.77. The van der Waals surface area contributed by atoms with E-state index in [-0.39, 0.29) is 10.8 Å². The lowest BCUT2D eigenvalue weighted by Crippen LogP contribution is -2.35. The van der Waals surface area contributed by atoms with Crippen molar-refractivity contribution in [2.75, 3.05) is 46.3 Å². The summed E-state index contributed by atoms with van der Waals surface area (Å²) >= 11 is 0. The molecule has 1 aromatic rings. The third-order valence-corrected chi connectivity index (χ3v) is 6.96. The van der Waals surface area contributed by atoms with Crippen LogP contribution in [0.5, 0.6) is 0 Å². The molecule has 6 nitrogen and oxygen atoms in total. The predicted octanol–water partition coefficient (Wildman–Crippen LogP) is 1.80. The smallest absolute Gasteiger partial charge is 0.253 e. The van der Waals surface area contributed by atoms with Crippen LogP contribution in [0.15, 0.2) is 23.1 Å². The van der Waals surface area contributed by atoms with E-state index in [0.29, 0.717) is 37.3 Å². The molecule has 0 bridgehead atoms. The number of carbonyl (C=O) groups excluding carboxylic acids is 1. The minimum atomic E-state index is -3.58. The van der Waals surface area contributed by atoms with Crippen LogP contribution in [0.2, 0.25) is 0 Å². The summed E-state index contributed by atoms with van der Waals surface area (Å²) in [6.07, 6.45) is 0.929. The van der Waals surface area contributed by atoms with E-state index in [1.165, 1.54) is 4.31 Å². The second-order valence-corrected chi connectivity index (χ2v) is 8.42. The van der Waals surface area contributed by atoms with E-state index in [1.54, 1.807) is 25.1 Å². The summed E-state index contributed by atoms with van der Waals surface area (Å²) in [5, 5.41) is 0. The Balaban J connectivity index is 2.33. The minimum absolute atomic E-state index is 0.0914. The average molecular weight is 368 g/mol. The number of nitrogens with zero attached hydrogens (tertiary/aromatic N) is 3. The van der Waals surface area contributed by atoms with Gasteiger partial charge in [0.15, 0.2) is 0 Å². The lowest BCUT2D eigenvalue weighted by Gasteiger charge is -2.23. The Bertz CT molecular complexity index is 714. The zero-order chi connectivity index (χ0) is 18.6. The molecule has 1 aliphatic heterocycles. The number of rotatable bonds is 5. The Morgan fingerprint density at radius 1 is 1.12 bits per heavy atom. The number of carbonyl (C=O) groups is 1. The molecule has 0 aromatic heterocycles. The normalized spacial score (nSPS) is 16.9. The maximum absolute atomic E-state index is 12.9. The quantitative estimate of drug-likeness (QED) is 0.796. The van der Waals surface area contributed by atoms with Gasteiger partial charge in [-0.2, -0.15) is 4.31 Å². The molecule has 0 N–H and O–H groups in total. The van der Waals surface area contributed by atoms with Crippen molar-refractivity contribution in [2.24, 2.45) is 0 Å². The molecule has 2 rings (SSSR count). The van der Waals surface area contributed by atoms with E-state index >= 15 is 0 Å². The molecule has 0 atom stereocenters. The van der Waals surface area contributed by atoms with Crippen LogP contribution in [0.1, 0.15) is 36.2 Å². The summed E-state index contributed by atoms with van der Waals surface area (Å²) < 4.78 is 27.1. The fraction of sp³-hybridized carbons (Fsp3) is 0.611. The van der Waals surface area contributed by atoms with E-state index in [9.17, 15) is 13.2 Å². The highest BCUT2D eigenvalue weighted by molar-refractivity contribution is 7.89. The van der Waals surface area contributed by atoms with Gasteiger partial charge in [-0.15, -0.1) is 0 Å². The fourth-order valence-electron chi connectivity index (χ4n) is 3.15. The second-order valence-electron chi connectivity index (χ2n) is 6.52. The lowest BCUT2D eigenvalue weighted by molar-refractivity contribution is 0.0762. The van der Waals surface area contributed by atoms with Gasteiger partial charge in [-0.3, -0.25) is 4.79 Å². The summed E-state index contributed by atoms with van der Waals surface area (Å²) in [5.74, 6) is -0.0914. The number of amides is 1. The highest BCUT2D eigenvalue weighted by Gasteiger charge is 2.26. The molecule has 140 valence electrons. The SMILES string of the molecule is CCN(CC)S(=O)(=O)c1cc(C(=O)N2CCCN(C)CC2)ccc1C. The van der Waals surface area contributed by atoms with Crippen LogP contribution < -0.4 is 0 Å². The van der Waals surface area contributed by atoms with E-state index in [1.807, 2.05) is 18.7 Å².